The highest BCUT2D eigenvalue weighted by atomic mass is 32.1. The number of methoxy groups -OCH3 is 2. The van der Waals surface area contributed by atoms with E-state index in [4.69, 9.17) is 9.47 Å². The van der Waals surface area contributed by atoms with Crippen LogP contribution in [-0.2, 0) is 11.2 Å². The SMILES string of the molecule is COc1ccc(C(=O)N(CC(=O)N2CCc3sccc3C2c2ccc(C)cc2)C2CC2)c(OC)c1. The Morgan fingerprint density at radius 2 is 1.83 bits per heavy atom. The summed E-state index contributed by atoms with van der Waals surface area (Å²) in [6.45, 7) is 2.76. The number of ether oxygens (including phenoxy) is 2. The number of aryl methyl sites for hydroxylation is 1. The van der Waals surface area contributed by atoms with Gasteiger partial charge in [-0.15, -0.1) is 11.3 Å². The Balaban J connectivity index is 1.43. The van der Waals surface area contributed by atoms with Crippen LogP contribution in [0, 0.1) is 6.92 Å². The van der Waals surface area contributed by atoms with E-state index in [-0.39, 0.29) is 30.4 Å². The number of thiophene rings is 1. The molecule has 0 radical (unpaired) electrons. The third-order valence-corrected chi connectivity index (χ3v) is 7.87. The summed E-state index contributed by atoms with van der Waals surface area (Å²) in [5, 5.41) is 2.11. The molecule has 1 aliphatic heterocycles. The molecule has 3 aromatic rings. The molecule has 1 aliphatic carbocycles. The molecule has 2 aliphatic rings. The zero-order valence-corrected chi connectivity index (χ0v) is 21.1. The van der Waals surface area contributed by atoms with Crippen LogP contribution in [-0.4, -0.2) is 55.0 Å². The minimum atomic E-state index is -0.180. The Morgan fingerprint density at radius 3 is 2.51 bits per heavy atom. The second kappa shape index (κ2) is 9.74. The van der Waals surface area contributed by atoms with Gasteiger partial charge in [0.15, 0.2) is 0 Å². The fourth-order valence-electron chi connectivity index (χ4n) is 4.81. The zero-order valence-electron chi connectivity index (χ0n) is 20.3. The van der Waals surface area contributed by atoms with Gasteiger partial charge in [0.25, 0.3) is 5.91 Å². The summed E-state index contributed by atoms with van der Waals surface area (Å²) in [6.07, 6.45) is 2.66. The van der Waals surface area contributed by atoms with Gasteiger partial charge in [-0.25, -0.2) is 0 Å². The average Bonchev–Trinajstić information content (AvgIpc) is 3.61. The van der Waals surface area contributed by atoms with Crippen molar-refractivity contribution in [2.45, 2.75) is 38.3 Å². The number of nitrogens with zero attached hydrogens (tertiary/aromatic N) is 2. The molecule has 5 rings (SSSR count). The molecule has 182 valence electrons. The van der Waals surface area contributed by atoms with Crippen LogP contribution in [0.4, 0.5) is 0 Å². The van der Waals surface area contributed by atoms with Gasteiger partial charge >= 0.3 is 0 Å². The van der Waals surface area contributed by atoms with Gasteiger partial charge in [-0.2, -0.15) is 0 Å². The van der Waals surface area contributed by atoms with Gasteiger partial charge in [-0.05, 0) is 60.9 Å². The lowest BCUT2D eigenvalue weighted by atomic mass is 9.92. The van der Waals surface area contributed by atoms with E-state index in [1.165, 1.54) is 23.1 Å². The average molecular weight is 491 g/mol. The molecule has 1 fully saturated rings. The molecule has 0 bridgehead atoms. The second-order valence-electron chi connectivity index (χ2n) is 9.18. The maximum atomic E-state index is 13.8. The summed E-state index contributed by atoms with van der Waals surface area (Å²) in [7, 11) is 3.12. The quantitative estimate of drug-likeness (QED) is 0.475. The maximum Gasteiger partial charge on any atom is 0.258 e. The second-order valence-corrected chi connectivity index (χ2v) is 10.2. The van der Waals surface area contributed by atoms with Crippen LogP contribution in [0.25, 0.3) is 0 Å². The number of hydrogen-bond donors (Lipinski definition) is 0. The van der Waals surface area contributed by atoms with Crippen LogP contribution < -0.4 is 9.47 Å². The van der Waals surface area contributed by atoms with Gasteiger partial charge in [0.05, 0.1) is 25.8 Å². The first-order chi connectivity index (χ1) is 17.0. The highest BCUT2D eigenvalue weighted by Crippen LogP contribution is 2.39. The molecule has 2 amide bonds. The summed E-state index contributed by atoms with van der Waals surface area (Å²) < 4.78 is 10.7. The predicted molar refractivity (Wildman–Crippen MR) is 136 cm³/mol. The van der Waals surface area contributed by atoms with Gasteiger partial charge in [0, 0.05) is 23.5 Å². The molecule has 1 aromatic heterocycles. The van der Waals surface area contributed by atoms with Gasteiger partial charge in [-0.1, -0.05) is 29.8 Å². The largest absolute Gasteiger partial charge is 0.497 e. The molecule has 2 heterocycles. The number of rotatable bonds is 7. The van der Waals surface area contributed by atoms with E-state index in [1.807, 2.05) is 4.90 Å². The third-order valence-electron chi connectivity index (χ3n) is 6.87. The van der Waals surface area contributed by atoms with Crippen LogP contribution in [0.2, 0.25) is 0 Å². The first-order valence-electron chi connectivity index (χ1n) is 12.0. The number of hydrogen-bond acceptors (Lipinski definition) is 5. The summed E-state index contributed by atoms with van der Waals surface area (Å²) in [5.41, 5.74) is 3.93. The molecule has 35 heavy (non-hydrogen) atoms. The van der Waals surface area contributed by atoms with Gasteiger partial charge in [0.2, 0.25) is 5.91 Å². The molecule has 6 nitrogen and oxygen atoms in total. The Morgan fingerprint density at radius 1 is 1.06 bits per heavy atom. The molecular weight excluding hydrogens is 460 g/mol. The minimum Gasteiger partial charge on any atom is -0.497 e. The normalized spacial score (nSPS) is 17.0. The molecule has 0 spiro atoms. The van der Waals surface area contributed by atoms with Crippen molar-refractivity contribution in [3.63, 3.8) is 0 Å². The Hall–Kier alpha value is -3.32. The number of benzene rings is 2. The fraction of sp³-hybridized carbons (Fsp3) is 0.357. The third kappa shape index (κ3) is 4.65. The van der Waals surface area contributed by atoms with Crippen LogP contribution >= 0.6 is 11.3 Å². The van der Waals surface area contributed by atoms with Crippen LogP contribution in [0.15, 0.2) is 53.9 Å². The van der Waals surface area contributed by atoms with Crippen molar-refractivity contribution >= 4 is 23.2 Å². The highest BCUT2D eigenvalue weighted by molar-refractivity contribution is 7.10. The maximum absolute atomic E-state index is 13.8. The molecular formula is C28H30N2O4S. The van der Waals surface area contributed by atoms with Gasteiger partial charge in [-0.3, -0.25) is 9.59 Å². The van der Waals surface area contributed by atoms with Crippen molar-refractivity contribution in [2.24, 2.45) is 0 Å². The van der Waals surface area contributed by atoms with Crippen LogP contribution in [0.3, 0.4) is 0 Å². The van der Waals surface area contributed by atoms with E-state index in [2.05, 4.69) is 42.6 Å². The summed E-state index contributed by atoms with van der Waals surface area (Å²) in [4.78, 5) is 32.4. The monoisotopic (exact) mass is 490 g/mol. The van der Waals surface area contributed by atoms with E-state index >= 15 is 0 Å². The molecule has 0 N–H and O–H groups in total. The summed E-state index contributed by atoms with van der Waals surface area (Å²) in [6, 6.07) is 15.7. The number of carbonyl (C=O) groups excluding carboxylic acids is 2. The van der Waals surface area contributed by atoms with Crippen molar-refractivity contribution in [1.29, 1.82) is 0 Å². The number of amides is 2. The molecule has 1 saturated carbocycles. The lowest BCUT2D eigenvalue weighted by Gasteiger charge is -2.37. The molecule has 2 aromatic carbocycles. The molecule has 0 saturated heterocycles. The first-order valence-corrected chi connectivity index (χ1v) is 12.8. The lowest BCUT2D eigenvalue weighted by Crippen LogP contribution is -2.47. The fourth-order valence-corrected chi connectivity index (χ4v) is 5.72. The van der Waals surface area contributed by atoms with Crippen molar-refractivity contribution in [2.75, 3.05) is 27.3 Å². The van der Waals surface area contributed by atoms with E-state index in [0.29, 0.717) is 23.6 Å². The van der Waals surface area contributed by atoms with Gasteiger partial charge < -0.3 is 19.3 Å². The summed E-state index contributed by atoms with van der Waals surface area (Å²) in [5.74, 6) is 0.861. The van der Waals surface area contributed by atoms with Crippen molar-refractivity contribution in [3.8, 4) is 11.5 Å². The number of carbonyl (C=O) groups is 2. The zero-order chi connectivity index (χ0) is 24.5. The van der Waals surface area contributed by atoms with Gasteiger partial charge in [0.1, 0.15) is 18.0 Å². The predicted octanol–water partition coefficient (Wildman–Crippen LogP) is 4.85. The molecule has 7 heteroatoms. The van der Waals surface area contributed by atoms with Crippen LogP contribution in [0.1, 0.15) is 50.8 Å². The molecule has 1 unspecified atom stereocenters. The minimum absolute atomic E-state index is 0.0276. The van der Waals surface area contributed by atoms with E-state index in [1.54, 1.807) is 41.5 Å². The van der Waals surface area contributed by atoms with E-state index < -0.39 is 0 Å². The first kappa shape index (κ1) is 23.4. The number of fused-ring (bicyclic) bond motifs is 1. The Bertz CT molecular complexity index is 1230. The van der Waals surface area contributed by atoms with E-state index in [9.17, 15) is 9.59 Å². The standard InChI is InChI=1S/C28H30N2O4S/c1-18-4-6-19(7-5-18)27-23-13-15-35-25(23)12-14-29(27)26(31)17-30(20-8-9-20)28(32)22-11-10-21(33-2)16-24(22)34-3/h4-7,10-11,13,15-16,20,27H,8-9,12,14,17H2,1-3H3. The van der Waals surface area contributed by atoms with Crippen molar-refractivity contribution in [1.82, 2.24) is 9.80 Å². The highest BCUT2D eigenvalue weighted by Gasteiger charge is 2.39. The molecule has 1 atom stereocenters. The Labute approximate surface area is 210 Å². The summed E-state index contributed by atoms with van der Waals surface area (Å²) >= 11 is 1.75. The van der Waals surface area contributed by atoms with E-state index in [0.717, 1.165) is 24.8 Å². The topological polar surface area (TPSA) is 59.1 Å². The van der Waals surface area contributed by atoms with Crippen LogP contribution in [0.5, 0.6) is 11.5 Å². The van der Waals surface area contributed by atoms with Crippen molar-refractivity contribution in [3.05, 3.63) is 81.0 Å². The van der Waals surface area contributed by atoms with Crippen molar-refractivity contribution < 1.29 is 19.1 Å². The smallest absolute Gasteiger partial charge is 0.258 e. The lowest BCUT2D eigenvalue weighted by molar-refractivity contribution is -0.134. The Kier molecular flexibility index (Phi) is 6.52.